The molecule has 2 heteroatoms. The summed E-state index contributed by atoms with van der Waals surface area (Å²) in [5.74, 6) is 0. The van der Waals surface area contributed by atoms with Crippen molar-refractivity contribution >= 4 is 11.6 Å². The van der Waals surface area contributed by atoms with E-state index in [4.69, 9.17) is 11.6 Å². The van der Waals surface area contributed by atoms with Gasteiger partial charge in [0.15, 0.2) is 0 Å². The summed E-state index contributed by atoms with van der Waals surface area (Å²) < 4.78 is 0. The van der Waals surface area contributed by atoms with Crippen molar-refractivity contribution < 1.29 is 0 Å². The van der Waals surface area contributed by atoms with E-state index in [0.717, 1.165) is 12.8 Å². The normalized spacial score (nSPS) is 30.7. The molecule has 1 fully saturated rings. The highest BCUT2D eigenvalue weighted by atomic mass is 35.5. The quantitative estimate of drug-likeness (QED) is 0.609. The Kier molecular flexibility index (Phi) is 2.45. The molecule has 2 heterocycles. The molecule has 80 valence electrons. The van der Waals surface area contributed by atoms with Crippen molar-refractivity contribution in [3.05, 3.63) is 35.4 Å². The van der Waals surface area contributed by atoms with E-state index >= 15 is 0 Å². The van der Waals surface area contributed by atoms with Crippen LogP contribution in [0.1, 0.15) is 30.0 Å². The number of fused-ring (bicyclic) bond motifs is 3. The summed E-state index contributed by atoms with van der Waals surface area (Å²) >= 11 is 6.28. The van der Waals surface area contributed by atoms with Crippen LogP contribution in [0, 0.1) is 0 Å². The summed E-state index contributed by atoms with van der Waals surface area (Å²) in [6.45, 7) is 2.39. The molecule has 1 aromatic rings. The van der Waals surface area contributed by atoms with Gasteiger partial charge in [-0.05, 0) is 30.4 Å². The van der Waals surface area contributed by atoms with Crippen LogP contribution in [-0.4, -0.2) is 23.4 Å². The summed E-state index contributed by atoms with van der Waals surface area (Å²) in [5, 5.41) is 0.373. The van der Waals surface area contributed by atoms with Crippen LogP contribution in [0.2, 0.25) is 0 Å². The fourth-order valence-corrected chi connectivity index (χ4v) is 3.18. The summed E-state index contributed by atoms with van der Waals surface area (Å²) in [6, 6.07) is 9.44. The molecular weight excluding hydrogens is 206 g/mol. The molecular formula is C13H16ClN. The van der Waals surface area contributed by atoms with Crippen LogP contribution in [0.4, 0.5) is 0 Å². The highest BCUT2D eigenvalue weighted by Crippen LogP contribution is 2.37. The molecule has 0 saturated carbocycles. The number of rotatable bonds is 0. The molecule has 1 aromatic carbocycles. The summed E-state index contributed by atoms with van der Waals surface area (Å²) in [5.41, 5.74) is 3.05. The Morgan fingerprint density at radius 2 is 2.07 bits per heavy atom. The first-order valence-corrected chi connectivity index (χ1v) is 6.24. The van der Waals surface area contributed by atoms with Gasteiger partial charge in [0.05, 0.1) is 0 Å². The molecule has 0 amide bonds. The lowest BCUT2D eigenvalue weighted by atomic mass is 9.87. The van der Waals surface area contributed by atoms with Crippen LogP contribution < -0.4 is 0 Å². The molecule has 1 saturated heterocycles. The van der Waals surface area contributed by atoms with Crippen LogP contribution in [-0.2, 0) is 6.42 Å². The molecule has 2 aliphatic rings. The second kappa shape index (κ2) is 3.80. The second-order valence-corrected chi connectivity index (χ2v) is 5.24. The molecule has 0 bridgehead atoms. The molecule has 15 heavy (non-hydrogen) atoms. The first-order valence-electron chi connectivity index (χ1n) is 5.80. The average Bonchev–Trinajstić information content (AvgIpc) is 2.29. The van der Waals surface area contributed by atoms with Crippen molar-refractivity contribution in [3.63, 3.8) is 0 Å². The third-order valence-electron chi connectivity index (χ3n) is 3.73. The minimum atomic E-state index is 0.373. The summed E-state index contributed by atoms with van der Waals surface area (Å²) in [7, 11) is 0. The van der Waals surface area contributed by atoms with Crippen LogP contribution >= 0.6 is 11.6 Å². The minimum absolute atomic E-state index is 0.373. The number of hydrogen-bond donors (Lipinski definition) is 0. The third-order valence-corrected chi connectivity index (χ3v) is 4.13. The molecule has 2 atom stereocenters. The molecule has 1 nitrogen and oxygen atoms in total. The maximum absolute atomic E-state index is 6.28. The van der Waals surface area contributed by atoms with E-state index in [1.54, 1.807) is 0 Å². The fourth-order valence-electron chi connectivity index (χ4n) is 2.91. The van der Waals surface area contributed by atoms with Gasteiger partial charge >= 0.3 is 0 Å². The Bertz CT molecular complexity index is 363. The van der Waals surface area contributed by atoms with Gasteiger partial charge < -0.3 is 0 Å². The van der Waals surface area contributed by atoms with E-state index in [1.807, 2.05) is 0 Å². The Morgan fingerprint density at radius 3 is 3.00 bits per heavy atom. The van der Waals surface area contributed by atoms with E-state index < -0.39 is 0 Å². The zero-order valence-corrected chi connectivity index (χ0v) is 9.58. The lowest BCUT2D eigenvalue weighted by molar-refractivity contribution is 0.141. The van der Waals surface area contributed by atoms with Crippen molar-refractivity contribution in [1.82, 2.24) is 4.90 Å². The van der Waals surface area contributed by atoms with Crippen LogP contribution in [0.5, 0.6) is 0 Å². The van der Waals surface area contributed by atoms with Crippen molar-refractivity contribution in [3.8, 4) is 0 Å². The van der Waals surface area contributed by atoms with Crippen molar-refractivity contribution in [2.24, 2.45) is 0 Å². The fraction of sp³-hybridized carbons (Fsp3) is 0.538. The number of hydrogen-bond acceptors (Lipinski definition) is 1. The monoisotopic (exact) mass is 221 g/mol. The lowest BCUT2D eigenvalue weighted by Gasteiger charge is -2.42. The van der Waals surface area contributed by atoms with Gasteiger partial charge in [0.1, 0.15) is 0 Å². The largest absolute Gasteiger partial charge is 0.296 e. The SMILES string of the molecule is Cl[C@@H]1CCN2CCc3ccccc3[C@H]2C1. The van der Waals surface area contributed by atoms with Gasteiger partial charge in [0.2, 0.25) is 0 Å². The smallest absolute Gasteiger partial charge is 0.0366 e. The predicted molar refractivity (Wildman–Crippen MR) is 63.3 cm³/mol. The van der Waals surface area contributed by atoms with Crippen LogP contribution in [0.25, 0.3) is 0 Å². The minimum Gasteiger partial charge on any atom is -0.296 e. The van der Waals surface area contributed by atoms with Gasteiger partial charge in [-0.1, -0.05) is 24.3 Å². The maximum atomic E-state index is 6.28. The van der Waals surface area contributed by atoms with Gasteiger partial charge in [-0.15, -0.1) is 11.6 Å². The number of benzene rings is 1. The van der Waals surface area contributed by atoms with Gasteiger partial charge in [-0.25, -0.2) is 0 Å². The number of piperidine rings is 1. The van der Waals surface area contributed by atoms with Crippen LogP contribution in [0.3, 0.4) is 0 Å². The maximum Gasteiger partial charge on any atom is 0.0366 e. The van der Waals surface area contributed by atoms with Crippen molar-refractivity contribution in [2.75, 3.05) is 13.1 Å². The first-order chi connectivity index (χ1) is 7.34. The van der Waals surface area contributed by atoms with E-state index in [1.165, 1.54) is 30.6 Å². The third kappa shape index (κ3) is 1.68. The number of nitrogens with zero attached hydrogens (tertiary/aromatic N) is 1. The van der Waals surface area contributed by atoms with Gasteiger partial charge in [-0.3, -0.25) is 4.90 Å². The molecule has 0 spiro atoms. The second-order valence-electron chi connectivity index (χ2n) is 4.62. The van der Waals surface area contributed by atoms with E-state index in [-0.39, 0.29) is 0 Å². The number of halogens is 1. The Balaban J connectivity index is 1.96. The molecule has 3 rings (SSSR count). The highest BCUT2D eigenvalue weighted by molar-refractivity contribution is 6.20. The highest BCUT2D eigenvalue weighted by Gasteiger charge is 2.32. The Labute approximate surface area is 96.0 Å². The zero-order valence-electron chi connectivity index (χ0n) is 8.82. The molecule has 2 aliphatic heterocycles. The molecule has 0 N–H and O–H groups in total. The van der Waals surface area contributed by atoms with Crippen molar-refractivity contribution in [2.45, 2.75) is 30.7 Å². The first kappa shape index (κ1) is 9.68. The average molecular weight is 222 g/mol. The van der Waals surface area contributed by atoms with Crippen LogP contribution in [0.15, 0.2) is 24.3 Å². The molecule has 0 unspecified atom stereocenters. The molecule has 0 radical (unpaired) electrons. The van der Waals surface area contributed by atoms with E-state index in [9.17, 15) is 0 Å². The van der Waals surface area contributed by atoms with Gasteiger partial charge in [0, 0.05) is 24.5 Å². The number of alkyl halides is 1. The van der Waals surface area contributed by atoms with E-state index in [0.29, 0.717) is 11.4 Å². The van der Waals surface area contributed by atoms with Gasteiger partial charge in [-0.2, -0.15) is 0 Å². The zero-order chi connectivity index (χ0) is 10.3. The molecule has 0 aromatic heterocycles. The van der Waals surface area contributed by atoms with Crippen molar-refractivity contribution in [1.29, 1.82) is 0 Å². The molecule has 0 aliphatic carbocycles. The van der Waals surface area contributed by atoms with E-state index in [2.05, 4.69) is 29.2 Å². The lowest BCUT2D eigenvalue weighted by Crippen LogP contribution is -2.41. The Hall–Kier alpha value is -0.530. The Morgan fingerprint density at radius 1 is 1.20 bits per heavy atom. The standard InChI is InChI=1S/C13H16ClN/c14-11-6-8-15-7-5-10-3-1-2-4-12(10)13(15)9-11/h1-4,11,13H,5-9H2/t11-,13-/m1/s1. The van der Waals surface area contributed by atoms with Gasteiger partial charge in [0.25, 0.3) is 0 Å². The topological polar surface area (TPSA) is 3.24 Å². The summed E-state index contributed by atoms with van der Waals surface area (Å²) in [6.07, 6.45) is 3.48. The predicted octanol–water partition coefficient (Wildman–Crippen LogP) is 2.99. The summed E-state index contributed by atoms with van der Waals surface area (Å²) in [4.78, 5) is 2.60.